The average Bonchev–Trinajstić information content (AvgIpc) is 2.56. The van der Waals surface area contributed by atoms with Crippen LogP contribution in [0.2, 0.25) is 0 Å². The Morgan fingerprint density at radius 2 is 1.88 bits per heavy atom. The van der Waals surface area contributed by atoms with Gasteiger partial charge >= 0.3 is 0 Å². The summed E-state index contributed by atoms with van der Waals surface area (Å²) >= 11 is 0. The molecule has 1 aliphatic heterocycles. The molecule has 1 fully saturated rings. The maximum atomic E-state index is 12.6. The Balaban J connectivity index is 0.00000288. The van der Waals surface area contributed by atoms with Crippen LogP contribution in [0.3, 0.4) is 0 Å². The van der Waals surface area contributed by atoms with Crippen molar-refractivity contribution in [3.63, 3.8) is 0 Å². The normalized spacial score (nSPS) is 15.9. The minimum absolute atomic E-state index is 0. The van der Waals surface area contributed by atoms with Crippen molar-refractivity contribution in [1.29, 1.82) is 0 Å². The topological polar surface area (TPSA) is 55.6 Å². The standard InChI is InChI=1S/C19H30N2O2.ClH/c1-19(2,16-7-4-3-5-8-16)15-18(22)21-12-9-17(10-13-21)23-14-6-11-20;/h3-5,7-8,17H,6,9-15,20H2,1-2H3;1H. The summed E-state index contributed by atoms with van der Waals surface area (Å²) in [6, 6.07) is 10.3. The van der Waals surface area contributed by atoms with Crippen LogP contribution in [0.5, 0.6) is 0 Å². The quantitative estimate of drug-likeness (QED) is 0.765. The van der Waals surface area contributed by atoms with Crippen molar-refractivity contribution in [2.75, 3.05) is 26.2 Å². The number of hydrogen-bond acceptors (Lipinski definition) is 3. The number of ether oxygens (including phenoxy) is 1. The Hall–Kier alpha value is -1.10. The summed E-state index contributed by atoms with van der Waals surface area (Å²) in [6.07, 6.45) is 3.61. The largest absolute Gasteiger partial charge is 0.378 e. The number of carbonyl (C=O) groups is 1. The van der Waals surface area contributed by atoms with E-state index >= 15 is 0 Å². The van der Waals surface area contributed by atoms with Crippen LogP contribution in [0.15, 0.2) is 30.3 Å². The van der Waals surface area contributed by atoms with Gasteiger partial charge in [-0.05, 0) is 36.8 Å². The second-order valence-electron chi connectivity index (χ2n) is 7.02. The molecule has 1 aromatic carbocycles. The van der Waals surface area contributed by atoms with E-state index in [4.69, 9.17) is 10.5 Å². The first-order chi connectivity index (χ1) is 11.0. The zero-order valence-electron chi connectivity index (χ0n) is 14.9. The summed E-state index contributed by atoms with van der Waals surface area (Å²) in [4.78, 5) is 14.6. The molecule has 136 valence electrons. The summed E-state index contributed by atoms with van der Waals surface area (Å²) in [5.74, 6) is 0.249. The molecule has 0 saturated carbocycles. The fraction of sp³-hybridized carbons (Fsp3) is 0.632. The van der Waals surface area contributed by atoms with Gasteiger partial charge in [-0.25, -0.2) is 0 Å². The summed E-state index contributed by atoms with van der Waals surface area (Å²) in [5.41, 5.74) is 6.56. The predicted octanol–water partition coefficient (Wildman–Crippen LogP) is 3.13. The average molecular weight is 355 g/mol. The van der Waals surface area contributed by atoms with Gasteiger partial charge in [-0.2, -0.15) is 0 Å². The van der Waals surface area contributed by atoms with Gasteiger partial charge in [0.2, 0.25) is 5.91 Å². The number of benzene rings is 1. The van der Waals surface area contributed by atoms with E-state index in [0.717, 1.165) is 39.0 Å². The molecule has 0 bridgehead atoms. The van der Waals surface area contributed by atoms with Gasteiger partial charge in [-0.15, -0.1) is 12.4 Å². The minimum atomic E-state index is -0.132. The molecule has 0 radical (unpaired) electrons. The Morgan fingerprint density at radius 3 is 2.46 bits per heavy atom. The molecule has 0 atom stereocenters. The number of amides is 1. The molecule has 5 heteroatoms. The van der Waals surface area contributed by atoms with E-state index in [0.29, 0.717) is 13.0 Å². The second-order valence-corrected chi connectivity index (χ2v) is 7.02. The molecule has 1 amide bonds. The maximum absolute atomic E-state index is 12.6. The minimum Gasteiger partial charge on any atom is -0.378 e. The monoisotopic (exact) mass is 354 g/mol. The molecule has 1 aromatic rings. The lowest BCUT2D eigenvalue weighted by atomic mass is 9.81. The molecular formula is C19H31ClN2O2. The van der Waals surface area contributed by atoms with Crippen molar-refractivity contribution in [2.45, 2.75) is 51.0 Å². The SMILES string of the molecule is CC(C)(CC(=O)N1CCC(OCCCN)CC1)c1ccccc1.Cl. The van der Waals surface area contributed by atoms with Gasteiger partial charge in [0.1, 0.15) is 0 Å². The number of carbonyl (C=O) groups excluding carboxylic acids is 1. The number of halogens is 1. The Kier molecular flexibility index (Phi) is 8.74. The second kappa shape index (κ2) is 10.0. The van der Waals surface area contributed by atoms with Crippen LogP contribution in [0.25, 0.3) is 0 Å². The summed E-state index contributed by atoms with van der Waals surface area (Å²) < 4.78 is 5.80. The predicted molar refractivity (Wildman–Crippen MR) is 101 cm³/mol. The van der Waals surface area contributed by atoms with Gasteiger partial charge in [0.25, 0.3) is 0 Å². The highest BCUT2D eigenvalue weighted by Gasteiger charge is 2.29. The van der Waals surface area contributed by atoms with E-state index in [1.807, 2.05) is 23.1 Å². The van der Waals surface area contributed by atoms with Crippen LogP contribution in [0.1, 0.15) is 45.1 Å². The molecule has 2 rings (SSSR count). The summed E-state index contributed by atoms with van der Waals surface area (Å²) in [6.45, 7) is 7.29. The van der Waals surface area contributed by atoms with E-state index in [1.165, 1.54) is 5.56 Å². The molecule has 0 aromatic heterocycles. The third-order valence-electron chi connectivity index (χ3n) is 4.65. The highest BCUT2D eigenvalue weighted by atomic mass is 35.5. The molecule has 0 unspecified atom stereocenters. The number of rotatable bonds is 7. The first kappa shape index (κ1) is 20.9. The van der Waals surface area contributed by atoms with Gasteiger partial charge < -0.3 is 15.4 Å². The maximum Gasteiger partial charge on any atom is 0.223 e. The van der Waals surface area contributed by atoms with Gasteiger partial charge in [0.05, 0.1) is 6.10 Å². The van der Waals surface area contributed by atoms with Crippen LogP contribution in [-0.2, 0) is 14.9 Å². The zero-order valence-corrected chi connectivity index (χ0v) is 15.7. The number of nitrogens with zero attached hydrogens (tertiary/aromatic N) is 1. The third kappa shape index (κ3) is 6.08. The number of hydrogen-bond donors (Lipinski definition) is 1. The van der Waals surface area contributed by atoms with Crippen molar-refractivity contribution in [2.24, 2.45) is 5.73 Å². The first-order valence-corrected chi connectivity index (χ1v) is 8.68. The molecule has 24 heavy (non-hydrogen) atoms. The lowest BCUT2D eigenvalue weighted by Crippen LogP contribution is -2.43. The van der Waals surface area contributed by atoms with Gasteiger partial charge in [0.15, 0.2) is 0 Å². The van der Waals surface area contributed by atoms with Crippen LogP contribution in [0.4, 0.5) is 0 Å². The van der Waals surface area contributed by atoms with Gasteiger partial charge in [0, 0.05) is 26.1 Å². The van der Waals surface area contributed by atoms with Gasteiger partial charge in [-0.1, -0.05) is 44.2 Å². The number of likely N-dealkylation sites (tertiary alicyclic amines) is 1. The molecule has 2 N–H and O–H groups in total. The molecule has 0 aliphatic carbocycles. The van der Waals surface area contributed by atoms with Crippen molar-refractivity contribution in [3.05, 3.63) is 35.9 Å². The van der Waals surface area contributed by atoms with Crippen LogP contribution >= 0.6 is 12.4 Å². The fourth-order valence-corrected chi connectivity index (χ4v) is 3.09. The third-order valence-corrected chi connectivity index (χ3v) is 4.65. The fourth-order valence-electron chi connectivity index (χ4n) is 3.09. The summed E-state index contributed by atoms with van der Waals surface area (Å²) in [5, 5.41) is 0. The lowest BCUT2D eigenvalue weighted by Gasteiger charge is -2.34. The van der Waals surface area contributed by atoms with Crippen LogP contribution in [-0.4, -0.2) is 43.2 Å². The van der Waals surface area contributed by atoms with Crippen molar-refractivity contribution in [1.82, 2.24) is 4.90 Å². The van der Waals surface area contributed by atoms with Crippen molar-refractivity contribution in [3.8, 4) is 0 Å². The Morgan fingerprint density at radius 1 is 1.25 bits per heavy atom. The molecular weight excluding hydrogens is 324 g/mol. The molecule has 1 saturated heterocycles. The zero-order chi connectivity index (χ0) is 16.7. The van der Waals surface area contributed by atoms with E-state index in [2.05, 4.69) is 26.0 Å². The van der Waals surface area contributed by atoms with Crippen molar-refractivity contribution >= 4 is 18.3 Å². The van der Waals surface area contributed by atoms with Crippen molar-refractivity contribution < 1.29 is 9.53 Å². The van der Waals surface area contributed by atoms with E-state index in [9.17, 15) is 4.79 Å². The van der Waals surface area contributed by atoms with E-state index in [1.54, 1.807) is 0 Å². The highest BCUT2D eigenvalue weighted by Crippen LogP contribution is 2.28. The first-order valence-electron chi connectivity index (χ1n) is 8.68. The van der Waals surface area contributed by atoms with Crippen LogP contribution < -0.4 is 5.73 Å². The molecule has 4 nitrogen and oxygen atoms in total. The lowest BCUT2D eigenvalue weighted by molar-refractivity contribution is -0.135. The molecule has 1 aliphatic rings. The van der Waals surface area contributed by atoms with E-state index in [-0.39, 0.29) is 29.8 Å². The Labute approximate surface area is 152 Å². The number of nitrogens with two attached hydrogens (primary N) is 1. The highest BCUT2D eigenvalue weighted by molar-refractivity contribution is 5.85. The summed E-state index contributed by atoms with van der Waals surface area (Å²) in [7, 11) is 0. The molecule has 1 heterocycles. The Bertz CT molecular complexity index is 485. The smallest absolute Gasteiger partial charge is 0.223 e. The van der Waals surface area contributed by atoms with E-state index < -0.39 is 0 Å². The van der Waals surface area contributed by atoms with Crippen LogP contribution in [0, 0.1) is 0 Å². The van der Waals surface area contributed by atoms with Gasteiger partial charge in [-0.3, -0.25) is 4.79 Å². The molecule has 0 spiro atoms. The number of piperidine rings is 1.